The van der Waals surface area contributed by atoms with Crippen molar-refractivity contribution in [3.8, 4) is 0 Å². The minimum absolute atomic E-state index is 0. The van der Waals surface area contributed by atoms with Crippen LogP contribution in [0.5, 0.6) is 0 Å². The monoisotopic (exact) mass is 275 g/mol. The van der Waals surface area contributed by atoms with Gasteiger partial charge in [0.2, 0.25) is 11.8 Å². The van der Waals surface area contributed by atoms with Gasteiger partial charge in [0.1, 0.15) is 0 Å². The molecule has 0 aliphatic heterocycles. The van der Waals surface area contributed by atoms with E-state index in [-0.39, 0.29) is 30.1 Å². The molecule has 2 saturated carbocycles. The van der Waals surface area contributed by atoms with Gasteiger partial charge in [-0.05, 0) is 38.1 Å². The first-order valence-corrected chi connectivity index (χ1v) is 6.51. The van der Waals surface area contributed by atoms with Crippen LogP contribution >= 0.6 is 12.4 Å². The molecule has 6 heteroatoms. The summed E-state index contributed by atoms with van der Waals surface area (Å²) >= 11 is 0. The van der Waals surface area contributed by atoms with Gasteiger partial charge in [-0.15, -0.1) is 12.4 Å². The molecule has 0 aromatic carbocycles. The molecule has 18 heavy (non-hydrogen) atoms. The normalized spacial score (nSPS) is 17.8. The Morgan fingerprint density at radius 2 is 1.67 bits per heavy atom. The van der Waals surface area contributed by atoms with Gasteiger partial charge in [-0.2, -0.15) is 0 Å². The highest BCUT2D eigenvalue weighted by atomic mass is 35.5. The fourth-order valence-electron chi connectivity index (χ4n) is 1.65. The minimum atomic E-state index is 0. The van der Waals surface area contributed by atoms with Crippen LogP contribution in [0.3, 0.4) is 0 Å². The molecule has 2 aliphatic carbocycles. The molecule has 0 aromatic heterocycles. The van der Waals surface area contributed by atoms with Crippen molar-refractivity contribution in [1.29, 1.82) is 0 Å². The van der Waals surface area contributed by atoms with Crippen LogP contribution in [0.4, 0.5) is 0 Å². The zero-order chi connectivity index (χ0) is 12.1. The van der Waals surface area contributed by atoms with Crippen LogP contribution in [0, 0.1) is 11.8 Å². The molecule has 0 spiro atoms. The molecule has 0 aromatic rings. The number of amides is 2. The highest BCUT2D eigenvalue weighted by Crippen LogP contribution is 2.28. The van der Waals surface area contributed by atoms with E-state index in [0.29, 0.717) is 19.6 Å². The zero-order valence-corrected chi connectivity index (χ0v) is 11.4. The predicted octanol–water partition coefficient (Wildman–Crippen LogP) is 0.0502. The fraction of sp³-hybridized carbons (Fsp3) is 0.833. The maximum Gasteiger partial charge on any atom is 0.234 e. The molecule has 0 radical (unpaired) electrons. The van der Waals surface area contributed by atoms with E-state index in [9.17, 15) is 9.59 Å². The van der Waals surface area contributed by atoms with Crippen LogP contribution in [-0.2, 0) is 9.59 Å². The van der Waals surface area contributed by atoms with Gasteiger partial charge in [0, 0.05) is 19.0 Å². The Bertz CT molecular complexity index is 291. The summed E-state index contributed by atoms with van der Waals surface area (Å²) in [6.07, 6.45) is 4.62. The highest BCUT2D eigenvalue weighted by molar-refractivity contribution is 5.85. The topological polar surface area (TPSA) is 70.2 Å². The second-order valence-electron chi connectivity index (χ2n) is 4.99. The first kappa shape index (κ1) is 15.2. The number of halogens is 1. The summed E-state index contributed by atoms with van der Waals surface area (Å²) in [5, 5.41) is 8.71. The van der Waals surface area contributed by atoms with Crippen molar-refractivity contribution in [3.63, 3.8) is 0 Å². The van der Waals surface area contributed by atoms with Crippen LogP contribution < -0.4 is 16.0 Å². The Balaban J connectivity index is 0.00000162. The Kier molecular flexibility index (Phi) is 6.43. The van der Waals surface area contributed by atoms with Gasteiger partial charge in [-0.1, -0.05) is 0 Å². The predicted molar refractivity (Wildman–Crippen MR) is 71.6 cm³/mol. The third-order valence-corrected chi connectivity index (χ3v) is 3.11. The van der Waals surface area contributed by atoms with Crippen molar-refractivity contribution < 1.29 is 9.59 Å². The van der Waals surface area contributed by atoms with Gasteiger partial charge < -0.3 is 16.0 Å². The molecule has 2 amide bonds. The molecule has 0 saturated heterocycles. The van der Waals surface area contributed by atoms with Gasteiger partial charge >= 0.3 is 0 Å². The molecule has 2 fully saturated rings. The summed E-state index contributed by atoms with van der Waals surface area (Å²) in [5.74, 6) is 1.17. The second-order valence-corrected chi connectivity index (χ2v) is 4.99. The van der Waals surface area contributed by atoms with E-state index in [4.69, 9.17) is 0 Å². The molecule has 0 unspecified atom stereocenters. The SMILES string of the molecule is Cl.O=C(CNCC1CC1)NCCNC(=O)C1CC1. The Hall–Kier alpha value is -0.810. The van der Waals surface area contributed by atoms with Crippen molar-refractivity contribution in [2.75, 3.05) is 26.2 Å². The van der Waals surface area contributed by atoms with E-state index in [2.05, 4.69) is 16.0 Å². The summed E-state index contributed by atoms with van der Waals surface area (Å²) in [5.41, 5.74) is 0. The molecule has 104 valence electrons. The quantitative estimate of drug-likeness (QED) is 0.548. The smallest absolute Gasteiger partial charge is 0.234 e. The number of rotatable bonds is 8. The van der Waals surface area contributed by atoms with Crippen LogP contribution in [0.25, 0.3) is 0 Å². The van der Waals surface area contributed by atoms with E-state index >= 15 is 0 Å². The summed E-state index contributed by atoms with van der Waals surface area (Å²) < 4.78 is 0. The molecule has 2 aliphatic rings. The van der Waals surface area contributed by atoms with E-state index < -0.39 is 0 Å². The summed E-state index contributed by atoms with van der Waals surface area (Å²) in [4.78, 5) is 22.6. The molecule has 2 rings (SSSR count). The number of carbonyl (C=O) groups is 2. The van der Waals surface area contributed by atoms with E-state index in [1.807, 2.05) is 0 Å². The van der Waals surface area contributed by atoms with Gasteiger partial charge in [0.25, 0.3) is 0 Å². The Labute approximate surface area is 114 Å². The van der Waals surface area contributed by atoms with Crippen LogP contribution in [0.1, 0.15) is 25.7 Å². The third-order valence-electron chi connectivity index (χ3n) is 3.11. The molecule has 0 bridgehead atoms. The summed E-state index contributed by atoms with van der Waals surface area (Å²) in [7, 11) is 0. The van der Waals surface area contributed by atoms with Crippen LogP contribution in [-0.4, -0.2) is 38.0 Å². The first-order valence-electron chi connectivity index (χ1n) is 6.51. The molecule has 5 nitrogen and oxygen atoms in total. The third kappa shape index (κ3) is 6.21. The van der Waals surface area contributed by atoms with E-state index in [1.165, 1.54) is 12.8 Å². The second kappa shape index (κ2) is 7.59. The minimum Gasteiger partial charge on any atom is -0.354 e. The first-order chi connectivity index (χ1) is 8.25. The highest BCUT2D eigenvalue weighted by Gasteiger charge is 2.28. The van der Waals surface area contributed by atoms with E-state index in [1.54, 1.807) is 0 Å². The molecular formula is C12H22ClN3O2. The largest absolute Gasteiger partial charge is 0.354 e. The maximum absolute atomic E-state index is 11.3. The number of hydrogen-bond acceptors (Lipinski definition) is 3. The molecule has 0 atom stereocenters. The van der Waals surface area contributed by atoms with Crippen molar-refractivity contribution in [3.05, 3.63) is 0 Å². The van der Waals surface area contributed by atoms with Gasteiger partial charge in [-0.3, -0.25) is 9.59 Å². The Morgan fingerprint density at radius 1 is 1.00 bits per heavy atom. The van der Waals surface area contributed by atoms with E-state index in [0.717, 1.165) is 25.3 Å². The van der Waals surface area contributed by atoms with Crippen LogP contribution in [0.2, 0.25) is 0 Å². The fourth-order valence-corrected chi connectivity index (χ4v) is 1.65. The summed E-state index contributed by atoms with van der Waals surface area (Å²) in [6.45, 7) is 2.38. The standard InChI is InChI=1S/C12H21N3O2.ClH/c16-11(8-13-7-9-1-2-9)14-5-6-15-12(17)10-3-4-10;/h9-10,13H,1-8H2,(H,14,16)(H,15,17);1H. The summed E-state index contributed by atoms with van der Waals surface area (Å²) in [6, 6.07) is 0. The lowest BCUT2D eigenvalue weighted by molar-refractivity contribution is -0.123. The van der Waals surface area contributed by atoms with Crippen molar-refractivity contribution in [2.24, 2.45) is 11.8 Å². The van der Waals surface area contributed by atoms with Crippen molar-refractivity contribution in [2.45, 2.75) is 25.7 Å². The average molecular weight is 276 g/mol. The molecule has 3 N–H and O–H groups in total. The lowest BCUT2D eigenvalue weighted by Crippen LogP contribution is -2.39. The van der Waals surface area contributed by atoms with Crippen molar-refractivity contribution in [1.82, 2.24) is 16.0 Å². The Morgan fingerprint density at radius 3 is 2.28 bits per heavy atom. The average Bonchev–Trinajstić information content (AvgIpc) is 3.16. The number of hydrogen-bond donors (Lipinski definition) is 3. The number of carbonyl (C=O) groups excluding carboxylic acids is 2. The van der Waals surface area contributed by atoms with Gasteiger partial charge in [0.05, 0.1) is 6.54 Å². The maximum atomic E-state index is 11.3. The zero-order valence-electron chi connectivity index (χ0n) is 10.5. The van der Waals surface area contributed by atoms with Gasteiger partial charge in [-0.25, -0.2) is 0 Å². The van der Waals surface area contributed by atoms with Gasteiger partial charge in [0.15, 0.2) is 0 Å². The number of nitrogens with one attached hydrogen (secondary N) is 3. The van der Waals surface area contributed by atoms with Crippen LogP contribution in [0.15, 0.2) is 0 Å². The van der Waals surface area contributed by atoms with Crippen molar-refractivity contribution >= 4 is 24.2 Å². The molecular weight excluding hydrogens is 254 g/mol. The lowest BCUT2D eigenvalue weighted by Gasteiger charge is -2.07. The molecule has 0 heterocycles. The lowest BCUT2D eigenvalue weighted by atomic mass is 10.4.